The Kier molecular flexibility index (Phi) is 16.1. The highest BCUT2D eigenvalue weighted by molar-refractivity contribution is 7.85. The molecule has 0 saturated heterocycles. The maximum atomic E-state index is 12.0. The lowest BCUT2D eigenvalue weighted by Crippen LogP contribution is -2.31. The number of methoxy groups -OCH3 is 2. The van der Waals surface area contributed by atoms with Crippen molar-refractivity contribution in [3.63, 3.8) is 0 Å². The van der Waals surface area contributed by atoms with Crippen molar-refractivity contribution in [3.05, 3.63) is 65.7 Å². The van der Waals surface area contributed by atoms with Gasteiger partial charge in [0.05, 0.1) is 75.5 Å². The average Bonchev–Trinajstić information content (AvgIpc) is 3.93. The normalized spacial score (nSPS) is 11.9. The van der Waals surface area contributed by atoms with E-state index in [9.17, 15) is 23.2 Å². The number of benzene rings is 4. The van der Waals surface area contributed by atoms with Crippen LogP contribution in [0, 0.1) is 13.8 Å². The molecule has 0 aliphatic heterocycles. The highest BCUT2D eigenvalue weighted by atomic mass is 32.2. The van der Waals surface area contributed by atoms with Crippen molar-refractivity contribution in [1.82, 2.24) is 24.9 Å². The molecule has 0 unspecified atom stereocenters. The first-order chi connectivity index (χ1) is 33.2. The number of rotatable bonds is 22. The van der Waals surface area contributed by atoms with E-state index in [-0.39, 0.29) is 54.2 Å². The molecule has 7 rings (SSSR count). The summed E-state index contributed by atoms with van der Waals surface area (Å²) in [5, 5.41) is 45.8. The molecule has 24 heteroatoms. The van der Waals surface area contributed by atoms with E-state index in [1.807, 2.05) is 58.9 Å². The van der Waals surface area contributed by atoms with Crippen LogP contribution in [0.25, 0.3) is 20.4 Å². The number of thiazole rings is 2. The zero-order valence-corrected chi connectivity index (χ0v) is 41.9. The van der Waals surface area contributed by atoms with Crippen molar-refractivity contribution >= 4 is 115 Å². The lowest BCUT2D eigenvalue weighted by Gasteiger charge is -2.25. The smallest absolute Gasteiger partial charge is 0.294 e. The Bertz CT molecular complexity index is 3110. The quantitative estimate of drug-likeness (QED) is 0.0312. The number of aromatic nitrogens is 5. The highest BCUT2D eigenvalue weighted by Crippen LogP contribution is 2.43. The molecule has 21 nitrogen and oxygen atoms in total. The van der Waals surface area contributed by atoms with E-state index < -0.39 is 10.1 Å². The van der Waals surface area contributed by atoms with Crippen molar-refractivity contribution in [3.8, 4) is 11.5 Å². The summed E-state index contributed by atoms with van der Waals surface area (Å²) >= 11 is 2.61. The first-order valence-electron chi connectivity index (χ1n) is 22.0. The first kappa shape index (κ1) is 50.2. The zero-order chi connectivity index (χ0) is 49.4. The van der Waals surface area contributed by atoms with Crippen LogP contribution >= 0.6 is 22.7 Å². The SMILES string of the molecule is CCN(CC)c1cc(Nc2nc(Nc3cc(N(CC)CC)c(OC)cc3/N=N/c3nc4cc(S(=O)(=O)O)c(C)cc4s3)nc(N(CCO)CCO)n2)c(/N=N/c2nc3ccc(C)cc3s2)cc1OC. The second-order valence-electron chi connectivity index (χ2n) is 15.3. The number of hydrogen-bond donors (Lipinski definition) is 5. The van der Waals surface area contributed by atoms with Crippen LogP contribution in [0.1, 0.15) is 38.8 Å². The van der Waals surface area contributed by atoms with Crippen molar-refractivity contribution in [2.45, 2.75) is 46.4 Å². The molecular formula is C45H54N14O7S3. The van der Waals surface area contributed by atoms with Crippen LogP contribution in [0.15, 0.2) is 79.9 Å². The third kappa shape index (κ3) is 11.6. The van der Waals surface area contributed by atoms with Crippen molar-refractivity contribution in [1.29, 1.82) is 0 Å². The molecule has 3 aromatic heterocycles. The van der Waals surface area contributed by atoms with Crippen LogP contribution in [-0.2, 0) is 10.1 Å². The molecule has 0 amide bonds. The number of anilines is 7. The summed E-state index contributed by atoms with van der Waals surface area (Å²) in [6.45, 7) is 14.1. The summed E-state index contributed by atoms with van der Waals surface area (Å²) < 4.78 is 47.2. The first-order valence-corrected chi connectivity index (χ1v) is 25.1. The molecule has 0 atom stereocenters. The second kappa shape index (κ2) is 22.2. The van der Waals surface area contributed by atoms with Crippen LogP contribution in [0.4, 0.5) is 62.2 Å². The molecule has 4 aromatic carbocycles. The van der Waals surface area contributed by atoms with Gasteiger partial charge in [-0.3, -0.25) is 4.55 Å². The molecule has 0 aliphatic rings. The number of ether oxygens (including phenoxy) is 2. The lowest BCUT2D eigenvalue weighted by atomic mass is 10.2. The summed E-state index contributed by atoms with van der Waals surface area (Å²) in [7, 11) is -1.32. The van der Waals surface area contributed by atoms with E-state index >= 15 is 0 Å². The third-order valence-electron chi connectivity index (χ3n) is 10.9. The Labute approximate surface area is 407 Å². The van der Waals surface area contributed by atoms with Gasteiger partial charge in [-0.1, -0.05) is 28.7 Å². The maximum absolute atomic E-state index is 12.0. The van der Waals surface area contributed by atoms with Gasteiger partial charge in [-0.05, 0) is 89.1 Å². The van der Waals surface area contributed by atoms with Crippen LogP contribution in [-0.4, -0.2) is 115 Å². The minimum absolute atomic E-state index is 0.0640. The number of nitrogens with one attached hydrogen (secondary N) is 2. The number of aliphatic hydroxyl groups is 2. The Hall–Kier alpha value is -6.70. The molecule has 5 N–H and O–H groups in total. The maximum Gasteiger partial charge on any atom is 0.294 e. The Morgan fingerprint density at radius 1 is 0.623 bits per heavy atom. The van der Waals surface area contributed by atoms with Gasteiger partial charge >= 0.3 is 0 Å². The fraction of sp³-hybridized carbons (Fsp3) is 0.356. The largest absolute Gasteiger partial charge is 0.494 e. The second-order valence-corrected chi connectivity index (χ2v) is 18.7. The number of aliphatic hydroxyl groups excluding tert-OH is 2. The van der Waals surface area contributed by atoms with E-state index in [0.29, 0.717) is 81.3 Å². The molecule has 0 fully saturated rings. The topological polar surface area (TPSA) is 261 Å². The number of nitrogens with zero attached hydrogens (tertiary/aromatic N) is 12. The fourth-order valence-corrected chi connectivity index (χ4v) is 9.94. The van der Waals surface area contributed by atoms with E-state index in [0.717, 1.165) is 27.2 Å². The predicted octanol–water partition coefficient (Wildman–Crippen LogP) is 9.77. The summed E-state index contributed by atoms with van der Waals surface area (Å²) in [6, 6.07) is 16.2. The minimum Gasteiger partial charge on any atom is -0.494 e. The van der Waals surface area contributed by atoms with Gasteiger partial charge in [-0.15, -0.1) is 20.5 Å². The van der Waals surface area contributed by atoms with Crippen LogP contribution in [0.5, 0.6) is 11.5 Å². The Morgan fingerprint density at radius 3 is 1.58 bits per heavy atom. The molecule has 0 bridgehead atoms. The van der Waals surface area contributed by atoms with Gasteiger partial charge < -0.3 is 45.0 Å². The van der Waals surface area contributed by atoms with Gasteiger partial charge in [-0.2, -0.15) is 23.4 Å². The highest BCUT2D eigenvalue weighted by Gasteiger charge is 2.22. The monoisotopic (exact) mass is 998 g/mol. The lowest BCUT2D eigenvalue weighted by molar-refractivity contribution is 0.280. The molecule has 7 aromatic rings. The third-order valence-corrected chi connectivity index (χ3v) is 13.7. The Balaban J connectivity index is 1.35. The van der Waals surface area contributed by atoms with Gasteiger partial charge in [0, 0.05) is 51.4 Å². The van der Waals surface area contributed by atoms with E-state index in [2.05, 4.69) is 56.9 Å². The molecule has 69 heavy (non-hydrogen) atoms. The summed E-state index contributed by atoms with van der Waals surface area (Å²) in [5.41, 5.74) is 5.74. The number of aryl methyl sites for hydroxylation is 2. The van der Waals surface area contributed by atoms with Crippen molar-refractivity contribution < 1.29 is 32.7 Å². The minimum atomic E-state index is -4.48. The standard InChI is InChI=1S/C45H54N14O7S3/c1-9-57(10-2)34-21-29(31(23-36(34)65-7)53-55-44-48-28-14-13-26(5)19-38(28)67-44)46-41-50-42(52-43(51-41)59(15-17-60)16-18-61)47-30-22-35(58(11-3)12-4)37(66-8)24-32(30)54-56-45-49-33-25-40(69(62,63)64)27(6)20-39(33)68-45/h13-14,19-25,60-61H,9-12,15-18H2,1-8H3,(H,62,63,64)(H2,46,47,50,51,52)/b55-53+,56-54+. The number of fused-ring (bicyclic) bond motifs is 2. The van der Waals surface area contributed by atoms with Gasteiger partial charge in [0.25, 0.3) is 10.1 Å². The van der Waals surface area contributed by atoms with E-state index in [1.54, 1.807) is 44.2 Å². The van der Waals surface area contributed by atoms with Crippen LogP contribution in [0.3, 0.4) is 0 Å². The number of azo groups is 2. The van der Waals surface area contributed by atoms with Crippen molar-refractivity contribution in [2.24, 2.45) is 20.5 Å². The Morgan fingerprint density at radius 2 is 1.12 bits per heavy atom. The fourth-order valence-electron chi connectivity index (χ4n) is 7.46. The summed E-state index contributed by atoms with van der Waals surface area (Å²) in [6.07, 6.45) is 0. The molecular weight excluding hydrogens is 945 g/mol. The predicted molar refractivity (Wildman–Crippen MR) is 273 cm³/mol. The zero-order valence-electron chi connectivity index (χ0n) is 39.4. The molecule has 0 spiro atoms. The molecule has 3 heterocycles. The summed E-state index contributed by atoms with van der Waals surface area (Å²) in [5.74, 6) is 1.37. The molecule has 364 valence electrons. The summed E-state index contributed by atoms with van der Waals surface area (Å²) in [4.78, 5) is 29.2. The van der Waals surface area contributed by atoms with Gasteiger partial charge in [-0.25, -0.2) is 9.97 Å². The molecule has 0 saturated carbocycles. The van der Waals surface area contributed by atoms with Gasteiger partial charge in [0.15, 0.2) is 0 Å². The molecule has 0 radical (unpaired) electrons. The average molecular weight is 999 g/mol. The van der Waals surface area contributed by atoms with Gasteiger partial charge in [0.2, 0.25) is 28.1 Å². The number of hydrogen-bond acceptors (Lipinski definition) is 22. The molecule has 0 aliphatic carbocycles. The van der Waals surface area contributed by atoms with Gasteiger partial charge in [0.1, 0.15) is 22.9 Å². The van der Waals surface area contributed by atoms with Crippen LogP contribution < -0.4 is 34.8 Å². The van der Waals surface area contributed by atoms with E-state index in [1.165, 1.54) is 28.7 Å². The van der Waals surface area contributed by atoms with E-state index in [4.69, 9.17) is 24.4 Å². The van der Waals surface area contributed by atoms with Crippen molar-refractivity contribution in [2.75, 3.05) is 92.0 Å². The van der Waals surface area contributed by atoms with Crippen LogP contribution in [0.2, 0.25) is 0 Å².